The van der Waals surface area contributed by atoms with E-state index in [2.05, 4.69) is 12.8 Å². The fourth-order valence-corrected chi connectivity index (χ4v) is 0.883. The first-order valence-corrected chi connectivity index (χ1v) is 3.95. The number of unbranched alkanes of at least 4 members (excludes halogenated alkanes) is 2. The predicted octanol–water partition coefficient (Wildman–Crippen LogP) is 2.54. The number of hydrogen-bond acceptors (Lipinski definition) is 1. The molecule has 0 aliphatic carbocycles. The minimum Gasteiger partial charge on any atom is -0.462 e. The van der Waals surface area contributed by atoms with Crippen LogP contribution in [0.2, 0.25) is 0 Å². The van der Waals surface area contributed by atoms with Gasteiger partial charge in [0, 0.05) is 5.92 Å². The number of hydrogen-bond donors (Lipinski definition) is 1. The molecule has 1 heteroatoms. The van der Waals surface area contributed by atoms with Crippen molar-refractivity contribution in [1.82, 2.24) is 0 Å². The summed E-state index contributed by atoms with van der Waals surface area (Å²) in [6, 6.07) is 0. The minimum atomic E-state index is 0.358. The van der Waals surface area contributed by atoms with Crippen LogP contribution in [0, 0.1) is 17.9 Å². The maximum absolute atomic E-state index is 8.23. The average Bonchev–Trinajstić information content (AvgIpc) is 1.89. The molecule has 0 spiro atoms. The molecule has 0 aliphatic rings. The van der Waals surface area contributed by atoms with Gasteiger partial charge in [-0.15, -0.1) is 0 Å². The second-order valence-corrected chi connectivity index (χ2v) is 2.65. The Morgan fingerprint density at radius 1 is 1.40 bits per heavy atom. The Morgan fingerprint density at radius 3 is 2.60 bits per heavy atom. The Labute approximate surface area is 63.5 Å². The Bertz CT molecular complexity index is 118. The molecule has 0 heterocycles. The van der Waals surface area contributed by atoms with E-state index in [1.54, 1.807) is 0 Å². The molecule has 0 saturated carbocycles. The van der Waals surface area contributed by atoms with Gasteiger partial charge in [0.1, 0.15) is 6.11 Å². The summed E-state index contributed by atoms with van der Waals surface area (Å²) < 4.78 is 0. The Kier molecular flexibility index (Phi) is 6.06. The second-order valence-electron chi connectivity index (χ2n) is 2.65. The maximum Gasteiger partial charge on any atom is 0.107 e. The van der Waals surface area contributed by atoms with Gasteiger partial charge in [0.25, 0.3) is 0 Å². The molecule has 0 rings (SSSR count). The van der Waals surface area contributed by atoms with Gasteiger partial charge in [0.05, 0.1) is 0 Å². The van der Waals surface area contributed by atoms with Gasteiger partial charge >= 0.3 is 0 Å². The van der Waals surface area contributed by atoms with Crippen LogP contribution in [0.15, 0.2) is 0 Å². The summed E-state index contributed by atoms with van der Waals surface area (Å²) in [6.45, 7) is 4.22. The topological polar surface area (TPSA) is 20.2 Å². The van der Waals surface area contributed by atoms with Gasteiger partial charge in [0.2, 0.25) is 0 Å². The van der Waals surface area contributed by atoms with Crippen LogP contribution in [0.4, 0.5) is 0 Å². The fourth-order valence-electron chi connectivity index (χ4n) is 0.883. The van der Waals surface area contributed by atoms with Crippen molar-refractivity contribution >= 4 is 0 Å². The Morgan fingerprint density at radius 2 is 2.10 bits per heavy atom. The van der Waals surface area contributed by atoms with Crippen LogP contribution in [-0.2, 0) is 0 Å². The van der Waals surface area contributed by atoms with Crippen LogP contribution >= 0.6 is 0 Å². The summed E-state index contributed by atoms with van der Waals surface area (Å²) in [7, 11) is 0. The lowest BCUT2D eigenvalue weighted by molar-refractivity contribution is 0.509. The predicted molar refractivity (Wildman–Crippen MR) is 43.0 cm³/mol. The molecule has 0 fully saturated rings. The van der Waals surface area contributed by atoms with E-state index < -0.39 is 0 Å². The van der Waals surface area contributed by atoms with Crippen molar-refractivity contribution in [2.75, 3.05) is 0 Å². The van der Waals surface area contributed by atoms with Gasteiger partial charge in [0.15, 0.2) is 0 Å². The maximum atomic E-state index is 8.23. The first kappa shape index (κ1) is 9.36. The van der Waals surface area contributed by atoms with Gasteiger partial charge in [-0.05, 0) is 6.42 Å². The summed E-state index contributed by atoms with van der Waals surface area (Å²) in [5.41, 5.74) is 0. The van der Waals surface area contributed by atoms with E-state index in [-0.39, 0.29) is 0 Å². The van der Waals surface area contributed by atoms with Gasteiger partial charge < -0.3 is 5.11 Å². The molecule has 58 valence electrons. The van der Waals surface area contributed by atoms with Crippen LogP contribution in [0.1, 0.15) is 39.5 Å². The molecule has 0 saturated heterocycles. The quantitative estimate of drug-likeness (QED) is 0.470. The van der Waals surface area contributed by atoms with Gasteiger partial charge in [-0.2, -0.15) is 0 Å². The molecule has 10 heavy (non-hydrogen) atoms. The van der Waals surface area contributed by atoms with E-state index in [4.69, 9.17) is 5.11 Å². The number of rotatable bonds is 4. The molecule has 1 unspecified atom stereocenters. The van der Waals surface area contributed by atoms with E-state index in [9.17, 15) is 0 Å². The summed E-state index contributed by atoms with van der Waals surface area (Å²) in [5, 5.41) is 8.23. The van der Waals surface area contributed by atoms with E-state index in [1.807, 2.05) is 13.0 Å². The van der Waals surface area contributed by atoms with Crippen molar-refractivity contribution in [2.24, 2.45) is 5.92 Å². The normalized spacial score (nSPS) is 11.8. The highest BCUT2D eigenvalue weighted by Crippen LogP contribution is 2.07. The zero-order valence-corrected chi connectivity index (χ0v) is 6.85. The van der Waals surface area contributed by atoms with Crippen LogP contribution in [-0.4, -0.2) is 5.11 Å². The molecular weight excluding hydrogens is 124 g/mol. The van der Waals surface area contributed by atoms with Gasteiger partial charge in [-0.1, -0.05) is 39.0 Å². The first-order chi connectivity index (χ1) is 4.81. The minimum absolute atomic E-state index is 0.358. The van der Waals surface area contributed by atoms with Crippen molar-refractivity contribution in [3.8, 4) is 12.0 Å². The van der Waals surface area contributed by atoms with Crippen LogP contribution in [0.5, 0.6) is 0 Å². The second kappa shape index (κ2) is 6.48. The molecule has 1 atom stereocenters. The lowest BCUT2D eigenvalue weighted by atomic mass is 10.0. The van der Waals surface area contributed by atoms with E-state index >= 15 is 0 Å². The highest BCUT2D eigenvalue weighted by atomic mass is 16.2. The molecular formula is C9H16O. The average molecular weight is 140 g/mol. The van der Waals surface area contributed by atoms with Crippen LogP contribution in [0.3, 0.4) is 0 Å². The van der Waals surface area contributed by atoms with Crippen LogP contribution in [0.25, 0.3) is 0 Å². The molecule has 0 radical (unpaired) electrons. The lowest BCUT2D eigenvalue weighted by Gasteiger charge is -2.00. The Hall–Kier alpha value is -0.640. The van der Waals surface area contributed by atoms with E-state index in [1.165, 1.54) is 19.3 Å². The Balaban J connectivity index is 3.18. The molecule has 0 aromatic heterocycles. The van der Waals surface area contributed by atoms with Crippen LogP contribution < -0.4 is 0 Å². The smallest absolute Gasteiger partial charge is 0.107 e. The molecule has 0 aliphatic heterocycles. The summed E-state index contributed by atoms with van der Waals surface area (Å²) >= 11 is 0. The van der Waals surface area contributed by atoms with Crippen molar-refractivity contribution in [3.05, 3.63) is 0 Å². The standard InChI is InChI=1S/C9H16O/c1-3-4-5-6-9(2)7-8-10/h9-10H,3-6H2,1-2H3. The lowest BCUT2D eigenvalue weighted by Crippen LogP contribution is -1.89. The van der Waals surface area contributed by atoms with E-state index in [0.29, 0.717) is 5.92 Å². The molecule has 0 amide bonds. The monoisotopic (exact) mass is 140 g/mol. The highest BCUT2D eigenvalue weighted by Gasteiger charge is 1.95. The van der Waals surface area contributed by atoms with E-state index in [0.717, 1.165) is 6.42 Å². The fraction of sp³-hybridized carbons (Fsp3) is 0.778. The third kappa shape index (κ3) is 5.50. The summed E-state index contributed by atoms with van der Waals surface area (Å²) in [5.74, 6) is 3.07. The zero-order chi connectivity index (χ0) is 7.82. The zero-order valence-electron chi connectivity index (χ0n) is 6.85. The number of aliphatic hydroxyl groups excluding tert-OH is 1. The molecule has 1 nitrogen and oxygen atoms in total. The molecule has 0 aromatic rings. The highest BCUT2D eigenvalue weighted by molar-refractivity contribution is 4.94. The van der Waals surface area contributed by atoms with Crippen molar-refractivity contribution in [3.63, 3.8) is 0 Å². The van der Waals surface area contributed by atoms with Gasteiger partial charge in [-0.3, -0.25) is 0 Å². The molecule has 1 N–H and O–H groups in total. The molecule has 0 bridgehead atoms. The number of aliphatic hydroxyl groups is 1. The summed E-state index contributed by atoms with van der Waals surface area (Å²) in [6.07, 6.45) is 6.81. The first-order valence-electron chi connectivity index (χ1n) is 3.95. The van der Waals surface area contributed by atoms with Crippen molar-refractivity contribution < 1.29 is 5.11 Å². The summed E-state index contributed by atoms with van der Waals surface area (Å²) in [4.78, 5) is 0. The SMILES string of the molecule is CCCCCC(C)C#CO. The molecule has 0 aromatic carbocycles. The van der Waals surface area contributed by atoms with Crippen molar-refractivity contribution in [1.29, 1.82) is 0 Å². The third-order valence-corrected chi connectivity index (χ3v) is 1.55. The largest absolute Gasteiger partial charge is 0.462 e. The van der Waals surface area contributed by atoms with Gasteiger partial charge in [-0.25, -0.2) is 0 Å². The van der Waals surface area contributed by atoms with Crippen molar-refractivity contribution in [2.45, 2.75) is 39.5 Å². The third-order valence-electron chi connectivity index (χ3n) is 1.55.